The molecule has 1 atom stereocenters. The van der Waals surface area contributed by atoms with Crippen molar-refractivity contribution in [2.24, 2.45) is 5.41 Å². The SMILES string of the molecule is O=C1CCC(N2C(=O)c3ccc(N4CCC5(CC4)CC(N4CCC(c6ccc(Nc7ncnc8c7ncn8C7CC(NC(=O)Cc8ccccc8)C7)cc6)CC4)C5)cc3C2=O)C(=O)N1. The lowest BCUT2D eigenvalue weighted by Gasteiger charge is -2.56. The van der Waals surface area contributed by atoms with E-state index >= 15 is 0 Å². The molecule has 6 heterocycles. The molecule has 1 spiro atoms. The maximum Gasteiger partial charge on any atom is 0.262 e. The van der Waals surface area contributed by atoms with Gasteiger partial charge in [-0.1, -0.05) is 42.5 Å². The highest BCUT2D eigenvalue weighted by molar-refractivity contribution is 6.23. The van der Waals surface area contributed by atoms with Gasteiger partial charge in [-0.05, 0) is 124 Å². The molecule has 5 fully saturated rings. The number of hydrogen-bond acceptors (Lipinski definition) is 11. The normalized spacial score (nSPS) is 23.8. The summed E-state index contributed by atoms with van der Waals surface area (Å²) in [5.41, 5.74) is 6.82. The number of nitrogens with zero attached hydrogens (tertiary/aromatic N) is 7. The van der Waals surface area contributed by atoms with Crippen LogP contribution >= 0.6 is 0 Å². The van der Waals surface area contributed by atoms with Crippen molar-refractivity contribution in [1.29, 1.82) is 0 Å². The summed E-state index contributed by atoms with van der Waals surface area (Å²) in [6.07, 6.45) is 12.7. The number of fused-ring (bicyclic) bond motifs is 2. The van der Waals surface area contributed by atoms with E-state index in [-0.39, 0.29) is 36.7 Å². The third-order valence-electron chi connectivity index (χ3n) is 15.1. The van der Waals surface area contributed by atoms with Crippen molar-refractivity contribution in [3.05, 3.63) is 108 Å². The average molecular weight is 861 g/mol. The highest BCUT2D eigenvalue weighted by Crippen LogP contribution is 2.52. The van der Waals surface area contributed by atoms with Crippen molar-refractivity contribution in [1.82, 2.24) is 40.0 Å². The topological polar surface area (TPSA) is 175 Å². The Balaban J connectivity index is 0.634. The molecule has 5 amide bonds. The standard InChI is InChI=1S/C49H52N10O5/c60-41-13-12-40(46(62)55-41)59-47(63)38-11-10-35(25-39(38)48(59)64)57-20-16-49(17-21-57)26-37(27-49)56-18-14-32(15-19-56)31-6-8-33(9-7-31)54-44-43-45(51-28-50-44)58(29-52-43)36-23-34(24-36)53-42(61)22-30-4-2-1-3-5-30/h1-11,25,28-29,32,34,36-37,40H,12-24,26-27H2,(H,53,61)(H,50,51,54)(H,55,60,62). The van der Waals surface area contributed by atoms with Gasteiger partial charge in [0.05, 0.1) is 23.9 Å². The Bertz CT molecular complexity index is 2640. The molecule has 2 aromatic heterocycles. The maximum atomic E-state index is 13.4. The van der Waals surface area contributed by atoms with Crippen molar-refractivity contribution < 1.29 is 24.0 Å². The number of imidazole rings is 1. The summed E-state index contributed by atoms with van der Waals surface area (Å²) in [6.45, 7) is 4.03. The second kappa shape index (κ2) is 16.3. The second-order valence-corrected chi connectivity index (χ2v) is 18.9. The van der Waals surface area contributed by atoms with E-state index in [2.05, 4.69) is 64.6 Å². The molecule has 6 aliphatic rings. The first-order valence-corrected chi connectivity index (χ1v) is 22.9. The van der Waals surface area contributed by atoms with Gasteiger partial charge in [0.15, 0.2) is 17.0 Å². The van der Waals surface area contributed by atoms with Gasteiger partial charge in [-0.25, -0.2) is 15.0 Å². The first kappa shape index (κ1) is 40.3. The summed E-state index contributed by atoms with van der Waals surface area (Å²) in [6, 6.07) is 24.1. The number of imide groups is 2. The van der Waals surface area contributed by atoms with E-state index in [9.17, 15) is 24.0 Å². The van der Waals surface area contributed by atoms with Crippen LogP contribution in [0.3, 0.4) is 0 Å². The van der Waals surface area contributed by atoms with Gasteiger partial charge in [0.1, 0.15) is 12.4 Å². The molecule has 0 radical (unpaired) electrons. The van der Waals surface area contributed by atoms with E-state index in [0.717, 1.165) is 97.7 Å². The molecule has 3 aromatic carbocycles. The lowest BCUT2D eigenvalue weighted by atomic mass is 9.59. The number of anilines is 3. The second-order valence-electron chi connectivity index (χ2n) is 18.9. The Kier molecular flexibility index (Phi) is 10.2. The van der Waals surface area contributed by atoms with Crippen molar-refractivity contribution >= 4 is 57.9 Å². The zero-order valence-electron chi connectivity index (χ0n) is 35.7. The molecule has 15 nitrogen and oxygen atoms in total. The Hall–Kier alpha value is -6.48. The number of amides is 5. The van der Waals surface area contributed by atoms with Gasteiger partial charge in [-0.3, -0.25) is 34.2 Å². The van der Waals surface area contributed by atoms with Crippen molar-refractivity contribution in [2.45, 2.75) is 101 Å². The highest BCUT2D eigenvalue weighted by atomic mass is 16.2. The molecule has 1 unspecified atom stereocenters. The molecule has 328 valence electrons. The highest BCUT2D eigenvalue weighted by Gasteiger charge is 2.49. The summed E-state index contributed by atoms with van der Waals surface area (Å²) in [7, 11) is 0. The van der Waals surface area contributed by atoms with Crippen LogP contribution < -0.4 is 20.9 Å². The van der Waals surface area contributed by atoms with Gasteiger partial charge in [0.2, 0.25) is 17.7 Å². The van der Waals surface area contributed by atoms with E-state index in [4.69, 9.17) is 4.98 Å². The number of nitrogens with one attached hydrogen (secondary N) is 3. The summed E-state index contributed by atoms with van der Waals surface area (Å²) in [5, 5.41) is 8.92. The smallest absolute Gasteiger partial charge is 0.262 e. The lowest BCUT2D eigenvalue weighted by molar-refractivity contribution is -0.136. The molecule has 2 aliphatic carbocycles. The number of likely N-dealkylation sites (tertiary alicyclic amines) is 1. The Morgan fingerprint density at radius 3 is 2.30 bits per heavy atom. The van der Waals surface area contributed by atoms with Crippen LogP contribution in [-0.2, 0) is 20.8 Å². The third-order valence-corrected chi connectivity index (χ3v) is 15.1. The van der Waals surface area contributed by atoms with Crippen LogP contribution in [0.25, 0.3) is 11.2 Å². The van der Waals surface area contributed by atoms with Gasteiger partial charge in [-0.15, -0.1) is 0 Å². The van der Waals surface area contributed by atoms with Gasteiger partial charge >= 0.3 is 0 Å². The lowest BCUT2D eigenvalue weighted by Crippen LogP contribution is -2.56. The number of benzene rings is 3. The first-order chi connectivity index (χ1) is 31.2. The summed E-state index contributed by atoms with van der Waals surface area (Å²) < 4.78 is 2.11. The zero-order valence-corrected chi connectivity index (χ0v) is 35.7. The van der Waals surface area contributed by atoms with Crippen LogP contribution in [0.4, 0.5) is 17.2 Å². The molecule has 3 saturated heterocycles. The average Bonchev–Trinajstić information content (AvgIpc) is 3.82. The summed E-state index contributed by atoms with van der Waals surface area (Å²) in [5.74, 6) is -0.641. The number of rotatable bonds is 10. The zero-order chi connectivity index (χ0) is 43.5. The molecule has 2 saturated carbocycles. The van der Waals surface area contributed by atoms with Crippen LogP contribution in [0.5, 0.6) is 0 Å². The van der Waals surface area contributed by atoms with Crippen molar-refractivity contribution in [3.8, 4) is 0 Å². The molecule has 11 rings (SSSR count). The van der Waals surface area contributed by atoms with Crippen LogP contribution in [0, 0.1) is 5.41 Å². The van der Waals surface area contributed by atoms with Crippen LogP contribution in [0.2, 0.25) is 0 Å². The quantitative estimate of drug-likeness (QED) is 0.148. The van der Waals surface area contributed by atoms with E-state index in [1.165, 1.54) is 18.4 Å². The van der Waals surface area contributed by atoms with Crippen LogP contribution in [-0.4, -0.2) is 103 Å². The van der Waals surface area contributed by atoms with Crippen molar-refractivity contribution in [3.63, 3.8) is 0 Å². The molecule has 64 heavy (non-hydrogen) atoms. The fraction of sp³-hybridized carbons (Fsp3) is 0.429. The van der Waals surface area contributed by atoms with Gasteiger partial charge in [0.25, 0.3) is 11.8 Å². The minimum atomic E-state index is -0.959. The van der Waals surface area contributed by atoms with Crippen LogP contribution in [0.15, 0.2) is 85.5 Å². The first-order valence-electron chi connectivity index (χ1n) is 22.9. The fourth-order valence-corrected chi connectivity index (χ4v) is 11.3. The molecule has 15 heteroatoms. The van der Waals surface area contributed by atoms with E-state index < -0.39 is 23.8 Å². The monoisotopic (exact) mass is 860 g/mol. The van der Waals surface area contributed by atoms with Gasteiger partial charge in [-0.2, -0.15) is 0 Å². The third kappa shape index (κ3) is 7.48. The number of piperidine rings is 3. The van der Waals surface area contributed by atoms with Crippen LogP contribution in [0.1, 0.15) is 108 Å². The predicted octanol–water partition coefficient (Wildman–Crippen LogP) is 5.66. The Morgan fingerprint density at radius 2 is 1.55 bits per heavy atom. The predicted molar refractivity (Wildman–Crippen MR) is 239 cm³/mol. The molecular weight excluding hydrogens is 809 g/mol. The Labute approximate surface area is 371 Å². The van der Waals surface area contributed by atoms with E-state index in [1.54, 1.807) is 12.4 Å². The molecule has 0 bridgehead atoms. The van der Waals surface area contributed by atoms with E-state index in [1.807, 2.05) is 48.8 Å². The number of carbonyl (C=O) groups is 5. The molecular formula is C49H52N10O5. The minimum Gasteiger partial charge on any atom is -0.371 e. The molecule has 5 aromatic rings. The Morgan fingerprint density at radius 1 is 0.797 bits per heavy atom. The van der Waals surface area contributed by atoms with Gasteiger partial charge < -0.3 is 25.0 Å². The summed E-state index contributed by atoms with van der Waals surface area (Å²) in [4.78, 5) is 83.2. The maximum absolute atomic E-state index is 13.4. The minimum absolute atomic E-state index is 0.0505. The molecule has 4 aliphatic heterocycles. The van der Waals surface area contributed by atoms with Gasteiger partial charge in [0, 0.05) is 49.0 Å². The van der Waals surface area contributed by atoms with E-state index in [0.29, 0.717) is 40.7 Å². The summed E-state index contributed by atoms with van der Waals surface area (Å²) >= 11 is 0. The fourth-order valence-electron chi connectivity index (χ4n) is 11.3. The van der Waals surface area contributed by atoms with Crippen molar-refractivity contribution in [2.75, 3.05) is 36.4 Å². The number of carbonyl (C=O) groups excluding carboxylic acids is 5. The molecule has 3 N–H and O–H groups in total. The number of aromatic nitrogens is 4. The largest absolute Gasteiger partial charge is 0.371 e. The number of hydrogen-bond donors (Lipinski definition) is 3.